The standard InChI is InChI=1S/C14H17N3O2/c1-3-18-12-6-4-5-7-13(12)19-14-16-9-11(8-15)10(2)17-14/h4-7,9H,3,8,15H2,1-2H3. The highest BCUT2D eigenvalue weighted by Gasteiger charge is 2.08. The maximum absolute atomic E-state index is 5.65. The highest BCUT2D eigenvalue weighted by Crippen LogP contribution is 2.29. The fourth-order valence-corrected chi connectivity index (χ4v) is 1.63. The predicted octanol–water partition coefficient (Wildman–Crippen LogP) is 2.43. The van der Waals surface area contributed by atoms with E-state index in [1.54, 1.807) is 6.20 Å². The Kier molecular flexibility index (Phi) is 4.30. The lowest BCUT2D eigenvalue weighted by Gasteiger charge is -2.10. The molecule has 0 amide bonds. The number of para-hydroxylation sites is 2. The first-order valence-electron chi connectivity index (χ1n) is 6.17. The third kappa shape index (κ3) is 3.20. The predicted molar refractivity (Wildman–Crippen MR) is 72.3 cm³/mol. The van der Waals surface area contributed by atoms with Crippen LogP contribution in [0.4, 0.5) is 0 Å². The summed E-state index contributed by atoms with van der Waals surface area (Å²) < 4.78 is 11.1. The van der Waals surface area contributed by atoms with Gasteiger partial charge in [-0.05, 0) is 26.0 Å². The number of hydrogen-bond acceptors (Lipinski definition) is 5. The largest absolute Gasteiger partial charge is 0.490 e. The zero-order chi connectivity index (χ0) is 13.7. The summed E-state index contributed by atoms with van der Waals surface area (Å²) in [6, 6.07) is 7.72. The molecule has 0 saturated carbocycles. The van der Waals surface area contributed by atoms with Gasteiger partial charge in [0.15, 0.2) is 11.5 Å². The van der Waals surface area contributed by atoms with Crippen LogP contribution >= 0.6 is 0 Å². The second-order valence-corrected chi connectivity index (χ2v) is 3.95. The molecular formula is C14H17N3O2. The number of nitrogens with two attached hydrogens (primary N) is 1. The molecule has 0 saturated heterocycles. The number of rotatable bonds is 5. The molecule has 100 valence electrons. The Hall–Kier alpha value is -2.14. The molecule has 19 heavy (non-hydrogen) atoms. The average Bonchev–Trinajstić information content (AvgIpc) is 2.41. The fraction of sp³-hybridized carbons (Fsp3) is 0.286. The number of aryl methyl sites for hydroxylation is 1. The van der Waals surface area contributed by atoms with Crippen molar-refractivity contribution >= 4 is 0 Å². The Labute approximate surface area is 112 Å². The lowest BCUT2D eigenvalue weighted by molar-refractivity contribution is 0.317. The monoisotopic (exact) mass is 259 g/mol. The Morgan fingerprint density at radius 1 is 1.21 bits per heavy atom. The molecule has 5 nitrogen and oxygen atoms in total. The van der Waals surface area contributed by atoms with Crippen molar-refractivity contribution < 1.29 is 9.47 Å². The molecule has 0 radical (unpaired) electrons. The number of nitrogens with zero attached hydrogens (tertiary/aromatic N) is 2. The van der Waals surface area contributed by atoms with Gasteiger partial charge in [-0.15, -0.1) is 0 Å². The van der Waals surface area contributed by atoms with Crippen LogP contribution < -0.4 is 15.2 Å². The molecule has 0 fully saturated rings. The van der Waals surface area contributed by atoms with Gasteiger partial charge in [-0.25, -0.2) is 4.98 Å². The van der Waals surface area contributed by atoms with E-state index in [1.807, 2.05) is 38.1 Å². The third-order valence-corrected chi connectivity index (χ3v) is 2.63. The Bertz CT molecular complexity index is 558. The quantitative estimate of drug-likeness (QED) is 0.893. The van der Waals surface area contributed by atoms with Crippen molar-refractivity contribution in [3.63, 3.8) is 0 Å². The molecule has 2 rings (SSSR count). The minimum atomic E-state index is 0.293. The molecule has 0 atom stereocenters. The van der Waals surface area contributed by atoms with Gasteiger partial charge in [0.1, 0.15) is 0 Å². The van der Waals surface area contributed by atoms with Crippen LogP contribution in [0.15, 0.2) is 30.5 Å². The lowest BCUT2D eigenvalue weighted by Crippen LogP contribution is -2.04. The number of hydrogen-bond donors (Lipinski definition) is 1. The van der Waals surface area contributed by atoms with E-state index in [4.69, 9.17) is 15.2 Å². The molecule has 1 heterocycles. The fourth-order valence-electron chi connectivity index (χ4n) is 1.63. The number of ether oxygens (including phenoxy) is 2. The molecule has 5 heteroatoms. The maximum atomic E-state index is 5.65. The van der Waals surface area contributed by atoms with Gasteiger partial charge in [-0.3, -0.25) is 0 Å². The van der Waals surface area contributed by atoms with Gasteiger partial charge >= 0.3 is 6.01 Å². The van der Waals surface area contributed by atoms with Gasteiger partial charge < -0.3 is 15.2 Å². The van der Waals surface area contributed by atoms with Crippen LogP contribution in [0.3, 0.4) is 0 Å². The maximum Gasteiger partial charge on any atom is 0.322 e. The molecule has 2 N–H and O–H groups in total. The highest BCUT2D eigenvalue weighted by atomic mass is 16.5. The van der Waals surface area contributed by atoms with Crippen LogP contribution in [0.5, 0.6) is 17.5 Å². The summed E-state index contributed by atoms with van der Waals surface area (Å²) in [4.78, 5) is 8.41. The van der Waals surface area contributed by atoms with Crippen molar-refractivity contribution in [2.45, 2.75) is 20.4 Å². The summed E-state index contributed by atoms with van der Waals surface area (Å²) in [6.07, 6.45) is 1.68. The molecule has 2 aromatic rings. The van der Waals surface area contributed by atoms with Crippen LogP contribution in [0.2, 0.25) is 0 Å². The van der Waals surface area contributed by atoms with E-state index in [0.717, 1.165) is 11.3 Å². The smallest absolute Gasteiger partial charge is 0.322 e. The van der Waals surface area contributed by atoms with Crippen molar-refractivity contribution in [1.29, 1.82) is 0 Å². The number of aromatic nitrogens is 2. The topological polar surface area (TPSA) is 70.3 Å². The normalized spacial score (nSPS) is 10.3. The zero-order valence-corrected chi connectivity index (χ0v) is 11.1. The van der Waals surface area contributed by atoms with E-state index in [0.29, 0.717) is 30.7 Å². The molecule has 0 spiro atoms. The van der Waals surface area contributed by atoms with Gasteiger partial charge in [0.2, 0.25) is 0 Å². The minimum Gasteiger partial charge on any atom is -0.490 e. The van der Waals surface area contributed by atoms with Gasteiger partial charge in [-0.2, -0.15) is 4.98 Å². The van der Waals surface area contributed by atoms with E-state index < -0.39 is 0 Å². The summed E-state index contributed by atoms with van der Waals surface area (Å²) in [5, 5.41) is 0. The zero-order valence-electron chi connectivity index (χ0n) is 11.1. The molecule has 0 bridgehead atoms. The van der Waals surface area contributed by atoms with E-state index in [2.05, 4.69) is 9.97 Å². The summed E-state index contributed by atoms with van der Waals surface area (Å²) in [6.45, 7) is 4.80. The molecule has 0 aliphatic carbocycles. The summed E-state index contributed by atoms with van der Waals surface area (Å²) in [7, 11) is 0. The Morgan fingerprint density at radius 2 is 1.95 bits per heavy atom. The van der Waals surface area contributed by atoms with Crippen LogP contribution in [0.25, 0.3) is 0 Å². The lowest BCUT2D eigenvalue weighted by atomic mass is 10.2. The van der Waals surface area contributed by atoms with Crippen molar-refractivity contribution in [2.24, 2.45) is 5.73 Å². The van der Waals surface area contributed by atoms with Crippen LogP contribution in [0.1, 0.15) is 18.2 Å². The van der Waals surface area contributed by atoms with E-state index in [1.165, 1.54) is 0 Å². The van der Waals surface area contributed by atoms with Crippen molar-refractivity contribution in [3.8, 4) is 17.5 Å². The molecule has 1 aromatic heterocycles. The Morgan fingerprint density at radius 3 is 2.58 bits per heavy atom. The molecule has 0 unspecified atom stereocenters. The van der Waals surface area contributed by atoms with E-state index >= 15 is 0 Å². The van der Waals surface area contributed by atoms with Gasteiger partial charge in [0.05, 0.1) is 6.61 Å². The third-order valence-electron chi connectivity index (χ3n) is 2.63. The number of benzene rings is 1. The molecule has 0 aliphatic heterocycles. The highest BCUT2D eigenvalue weighted by molar-refractivity contribution is 5.41. The van der Waals surface area contributed by atoms with Crippen molar-refractivity contribution in [1.82, 2.24) is 9.97 Å². The molecule has 1 aromatic carbocycles. The van der Waals surface area contributed by atoms with Crippen LogP contribution in [-0.2, 0) is 6.54 Å². The molecule has 0 aliphatic rings. The van der Waals surface area contributed by atoms with E-state index in [-0.39, 0.29) is 0 Å². The van der Waals surface area contributed by atoms with Gasteiger partial charge in [-0.1, -0.05) is 12.1 Å². The second kappa shape index (κ2) is 6.15. The van der Waals surface area contributed by atoms with E-state index in [9.17, 15) is 0 Å². The summed E-state index contributed by atoms with van der Waals surface area (Å²) >= 11 is 0. The van der Waals surface area contributed by atoms with Gasteiger partial charge in [0, 0.05) is 24.0 Å². The van der Waals surface area contributed by atoms with Crippen LogP contribution in [-0.4, -0.2) is 16.6 Å². The first-order valence-corrected chi connectivity index (χ1v) is 6.17. The Balaban J connectivity index is 2.23. The average molecular weight is 259 g/mol. The first-order chi connectivity index (χ1) is 9.24. The summed E-state index contributed by atoms with van der Waals surface area (Å²) in [5.41, 5.74) is 7.30. The van der Waals surface area contributed by atoms with Crippen molar-refractivity contribution in [3.05, 3.63) is 41.7 Å². The first kappa shape index (κ1) is 13.3. The minimum absolute atomic E-state index is 0.293. The van der Waals surface area contributed by atoms with Gasteiger partial charge in [0.25, 0.3) is 0 Å². The molecular weight excluding hydrogens is 242 g/mol. The van der Waals surface area contributed by atoms with Crippen LogP contribution in [0, 0.1) is 6.92 Å². The summed E-state index contributed by atoms with van der Waals surface area (Å²) in [5.74, 6) is 1.28. The SMILES string of the molecule is CCOc1ccccc1Oc1ncc(CN)c(C)n1. The van der Waals surface area contributed by atoms with Crippen molar-refractivity contribution in [2.75, 3.05) is 6.61 Å². The second-order valence-electron chi connectivity index (χ2n) is 3.95.